The Kier molecular flexibility index (Phi) is 4.58. The van der Waals surface area contributed by atoms with Crippen LogP contribution in [0.1, 0.15) is 37.4 Å². The van der Waals surface area contributed by atoms with Gasteiger partial charge in [-0.25, -0.2) is 4.98 Å². The summed E-state index contributed by atoms with van der Waals surface area (Å²) in [5, 5.41) is 4.42. The molecule has 0 amide bonds. The zero-order chi connectivity index (χ0) is 10.6. The van der Waals surface area contributed by atoms with Crippen molar-refractivity contribution < 1.29 is 0 Å². The Balaban J connectivity index is 2.64. The molecule has 0 bridgehead atoms. The number of aromatic nitrogens is 1. The second-order valence-corrected chi connectivity index (χ2v) is 5.85. The molecule has 1 heterocycles. The highest BCUT2D eigenvalue weighted by Gasteiger charge is 2.23. The Labute approximate surface area is 99.1 Å². The first-order valence-corrected chi connectivity index (χ1v) is 7.07. The van der Waals surface area contributed by atoms with E-state index in [1.54, 1.807) is 11.3 Å². The average molecular weight is 276 g/mol. The lowest BCUT2D eigenvalue weighted by Crippen LogP contribution is -2.21. The quantitative estimate of drug-likeness (QED) is 0.735. The summed E-state index contributed by atoms with van der Waals surface area (Å²) < 4.78 is 0. The predicted molar refractivity (Wildman–Crippen MR) is 67.4 cm³/mol. The summed E-state index contributed by atoms with van der Waals surface area (Å²) in [5.41, 5.74) is 1.62. The van der Waals surface area contributed by atoms with Gasteiger partial charge in [0.25, 0.3) is 0 Å². The minimum atomic E-state index is 0.370. The zero-order valence-electron chi connectivity index (χ0n) is 9.14. The number of aryl methyl sites for hydroxylation is 1. The third-order valence-corrected chi connectivity index (χ3v) is 4.63. The average Bonchev–Trinajstić information content (AvgIpc) is 2.51. The summed E-state index contributed by atoms with van der Waals surface area (Å²) in [4.78, 5) is 4.52. The van der Waals surface area contributed by atoms with Crippen LogP contribution in [0.25, 0.3) is 0 Å². The molecule has 1 nitrogen and oxygen atoms in total. The van der Waals surface area contributed by atoms with Gasteiger partial charge < -0.3 is 0 Å². The van der Waals surface area contributed by atoms with E-state index in [-0.39, 0.29) is 0 Å². The Morgan fingerprint density at radius 2 is 2.29 bits per heavy atom. The molecule has 80 valence electrons. The van der Waals surface area contributed by atoms with E-state index in [1.807, 2.05) is 0 Å². The monoisotopic (exact) mass is 275 g/mol. The second kappa shape index (κ2) is 5.26. The standard InChI is InChI=1S/C11H18BrNS/c1-4-5-11(3,8-12)6-10-7-14-9(2)13-10/h7H,4-6,8H2,1-3H3. The van der Waals surface area contributed by atoms with Gasteiger partial charge in [-0.2, -0.15) is 0 Å². The minimum absolute atomic E-state index is 0.370. The molecule has 0 N–H and O–H groups in total. The summed E-state index contributed by atoms with van der Waals surface area (Å²) in [7, 11) is 0. The molecule has 0 radical (unpaired) electrons. The summed E-state index contributed by atoms with van der Waals surface area (Å²) >= 11 is 5.36. The second-order valence-electron chi connectivity index (χ2n) is 4.23. The summed E-state index contributed by atoms with van der Waals surface area (Å²) in [6.45, 7) is 6.65. The van der Waals surface area contributed by atoms with Gasteiger partial charge >= 0.3 is 0 Å². The molecule has 1 atom stereocenters. The van der Waals surface area contributed by atoms with Gasteiger partial charge in [-0.3, -0.25) is 0 Å². The maximum absolute atomic E-state index is 4.52. The number of nitrogens with zero attached hydrogens (tertiary/aromatic N) is 1. The van der Waals surface area contributed by atoms with Crippen LogP contribution in [0.3, 0.4) is 0 Å². The molecule has 0 saturated heterocycles. The number of hydrogen-bond acceptors (Lipinski definition) is 2. The van der Waals surface area contributed by atoms with E-state index in [0.29, 0.717) is 5.41 Å². The number of alkyl halides is 1. The molecule has 1 aromatic heterocycles. The lowest BCUT2D eigenvalue weighted by molar-refractivity contribution is 0.337. The minimum Gasteiger partial charge on any atom is -0.247 e. The molecule has 1 aromatic rings. The van der Waals surface area contributed by atoms with Crippen molar-refractivity contribution in [3.63, 3.8) is 0 Å². The van der Waals surface area contributed by atoms with Crippen molar-refractivity contribution >= 4 is 27.3 Å². The van der Waals surface area contributed by atoms with Crippen LogP contribution in [0.4, 0.5) is 0 Å². The third-order valence-electron chi connectivity index (χ3n) is 2.45. The topological polar surface area (TPSA) is 12.9 Å². The van der Waals surface area contributed by atoms with E-state index in [1.165, 1.54) is 23.5 Å². The number of halogens is 1. The number of hydrogen-bond donors (Lipinski definition) is 0. The lowest BCUT2D eigenvalue weighted by Gasteiger charge is -2.25. The molecule has 14 heavy (non-hydrogen) atoms. The van der Waals surface area contributed by atoms with Crippen LogP contribution in [0.5, 0.6) is 0 Å². The van der Waals surface area contributed by atoms with E-state index in [9.17, 15) is 0 Å². The fourth-order valence-electron chi connectivity index (χ4n) is 1.73. The molecule has 0 saturated carbocycles. The summed E-state index contributed by atoms with van der Waals surface area (Å²) in [5.74, 6) is 0. The van der Waals surface area contributed by atoms with Crippen LogP contribution in [-0.2, 0) is 6.42 Å². The Morgan fingerprint density at radius 3 is 2.71 bits per heavy atom. The highest BCUT2D eigenvalue weighted by Crippen LogP contribution is 2.30. The fraction of sp³-hybridized carbons (Fsp3) is 0.727. The highest BCUT2D eigenvalue weighted by atomic mass is 79.9. The van der Waals surface area contributed by atoms with Crippen LogP contribution in [0.2, 0.25) is 0 Å². The van der Waals surface area contributed by atoms with Crippen molar-refractivity contribution in [2.45, 2.75) is 40.0 Å². The fourth-order valence-corrected chi connectivity index (χ4v) is 2.82. The predicted octanol–water partition coefficient (Wildman–Crippen LogP) is 4.20. The summed E-state index contributed by atoms with van der Waals surface area (Å²) in [6, 6.07) is 0. The molecule has 1 unspecified atom stereocenters. The van der Waals surface area contributed by atoms with Crippen LogP contribution in [0.15, 0.2) is 5.38 Å². The van der Waals surface area contributed by atoms with Gasteiger partial charge in [-0.1, -0.05) is 36.2 Å². The molecule has 0 aromatic carbocycles. The lowest BCUT2D eigenvalue weighted by atomic mass is 9.83. The van der Waals surface area contributed by atoms with Gasteiger partial charge in [0.1, 0.15) is 0 Å². The first-order chi connectivity index (χ1) is 6.59. The van der Waals surface area contributed by atoms with Gasteiger partial charge in [0, 0.05) is 10.7 Å². The van der Waals surface area contributed by atoms with Crippen molar-refractivity contribution in [3.05, 3.63) is 16.1 Å². The number of thiazole rings is 1. The first kappa shape index (κ1) is 12.2. The van der Waals surface area contributed by atoms with Crippen LogP contribution >= 0.6 is 27.3 Å². The third kappa shape index (κ3) is 3.35. The van der Waals surface area contributed by atoms with Crippen molar-refractivity contribution in [1.29, 1.82) is 0 Å². The molecule has 1 rings (SSSR count). The SMILES string of the molecule is CCCC(C)(CBr)Cc1csc(C)n1. The van der Waals surface area contributed by atoms with Crippen molar-refractivity contribution in [2.24, 2.45) is 5.41 Å². The molecular weight excluding hydrogens is 258 g/mol. The molecule has 3 heteroatoms. The van der Waals surface area contributed by atoms with Gasteiger partial charge in [0.15, 0.2) is 0 Å². The van der Waals surface area contributed by atoms with Crippen molar-refractivity contribution in [3.8, 4) is 0 Å². The van der Waals surface area contributed by atoms with Gasteiger partial charge in [0.2, 0.25) is 0 Å². The van der Waals surface area contributed by atoms with Crippen molar-refractivity contribution in [1.82, 2.24) is 4.98 Å². The van der Waals surface area contributed by atoms with Crippen LogP contribution < -0.4 is 0 Å². The Hall–Kier alpha value is 0.110. The molecule has 0 aliphatic carbocycles. The van der Waals surface area contributed by atoms with E-state index < -0.39 is 0 Å². The van der Waals surface area contributed by atoms with E-state index in [2.05, 4.69) is 47.1 Å². The molecular formula is C11H18BrNS. The molecule has 0 aliphatic heterocycles. The largest absolute Gasteiger partial charge is 0.247 e. The van der Waals surface area contributed by atoms with Crippen LogP contribution in [-0.4, -0.2) is 10.3 Å². The Morgan fingerprint density at radius 1 is 1.57 bits per heavy atom. The smallest absolute Gasteiger partial charge is 0.0897 e. The molecule has 0 aliphatic rings. The van der Waals surface area contributed by atoms with Crippen molar-refractivity contribution in [2.75, 3.05) is 5.33 Å². The van der Waals surface area contributed by atoms with Gasteiger partial charge in [0.05, 0.1) is 10.7 Å². The molecule has 0 spiro atoms. The normalized spacial score (nSPS) is 15.4. The van der Waals surface area contributed by atoms with E-state index >= 15 is 0 Å². The summed E-state index contributed by atoms with van der Waals surface area (Å²) in [6.07, 6.45) is 3.59. The maximum atomic E-state index is 4.52. The Bertz CT molecular complexity index is 285. The molecule has 0 fully saturated rings. The maximum Gasteiger partial charge on any atom is 0.0897 e. The van der Waals surface area contributed by atoms with Crippen LogP contribution in [0, 0.1) is 12.3 Å². The number of rotatable bonds is 5. The van der Waals surface area contributed by atoms with E-state index in [4.69, 9.17) is 0 Å². The van der Waals surface area contributed by atoms with Gasteiger partial charge in [-0.15, -0.1) is 11.3 Å². The van der Waals surface area contributed by atoms with E-state index in [0.717, 1.165) is 11.8 Å². The van der Waals surface area contributed by atoms with Gasteiger partial charge in [-0.05, 0) is 25.2 Å². The zero-order valence-corrected chi connectivity index (χ0v) is 11.5. The highest BCUT2D eigenvalue weighted by molar-refractivity contribution is 9.09. The first-order valence-electron chi connectivity index (χ1n) is 5.06.